The van der Waals surface area contributed by atoms with Crippen molar-refractivity contribution in [2.24, 2.45) is 11.8 Å². The number of benzene rings is 1. The lowest BCUT2D eigenvalue weighted by Gasteiger charge is -2.25. The Kier molecular flexibility index (Phi) is 3.54. The SMILES string of the molecule is Brc1ccccc1C1(c2noc([C@@H]3OC[C@H]4COCC[C@@H]43)n2)CC1. The lowest BCUT2D eigenvalue weighted by atomic mass is 9.87. The number of halogens is 1. The van der Waals surface area contributed by atoms with Crippen molar-refractivity contribution in [1.82, 2.24) is 10.1 Å². The Balaban J connectivity index is 1.45. The van der Waals surface area contributed by atoms with Crippen molar-refractivity contribution < 1.29 is 14.0 Å². The third-order valence-corrected chi connectivity index (χ3v) is 6.36. The van der Waals surface area contributed by atoms with Gasteiger partial charge in [-0.15, -0.1) is 0 Å². The van der Waals surface area contributed by atoms with E-state index in [0.29, 0.717) is 17.7 Å². The van der Waals surface area contributed by atoms with Gasteiger partial charge in [-0.05, 0) is 30.9 Å². The van der Waals surface area contributed by atoms with Crippen LogP contribution in [0.25, 0.3) is 0 Å². The number of ether oxygens (including phenoxy) is 2. The maximum absolute atomic E-state index is 5.98. The lowest BCUT2D eigenvalue weighted by Crippen LogP contribution is -2.27. The minimum Gasteiger partial charge on any atom is -0.381 e. The first-order valence-electron chi connectivity index (χ1n) is 8.56. The van der Waals surface area contributed by atoms with E-state index in [-0.39, 0.29) is 11.5 Å². The van der Waals surface area contributed by atoms with Gasteiger partial charge in [0.1, 0.15) is 6.10 Å². The monoisotopic (exact) mass is 390 g/mol. The van der Waals surface area contributed by atoms with Gasteiger partial charge in [0.05, 0.1) is 18.6 Å². The van der Waals surface area contributed by atoms with Crippen molar-refractivity contribution in [3.05, 3.63) is 46.0 Å². The standard InChI is InChI=1S/C18H19BrN2O3/c19-14-4-2-1-3-13(14)18(6-7-18)17-20-16(24-21-17)15-12-5-8-22-9-11(12)10-23-15/h1-4,11-12,15H,5-10H2/t11-,12+,15-/m1/s1. The smallest absolute Gasteiger partial charge is 0.256 e. The van der Waals surface area contributed by atoms with Crippen LogP contribution < -0.4 is 0 Å². The second kappa shape index (κ2) is 5.64. The molecule has 0 radical (unpaired) electrons. The van der Waals surface area contributed by atoms with Crippen LogP contribution in [0.5, 0.6) is 0 Å². The van der Waals surface area contributed by atoms with Gasteiger partial charge in [0.25, 0.3) is 5.89 Å². The molecule has 1 aliphatic carbocycles. The van der Waals surface area contributed by atoms with Crippen LogP contribution in [0.1, 0.15) is 42.6 Å². The molecule has 5 nitrogen and oxygen atoms in total. The van der Waals surface area contributed by atoms with Crippen molar-refractivity contribution in [3.8, 4) is 0 Å². The molecule has 3 heterocycles. The molecule has 126 valence electrons. The molecular formula is C18H19BrN2O3. The van der Waals surface area contributed by atoms with Gasteiger partial charge in [-0.3, -0.25) is 0 Å². The molecule has 2 aromatic rings. The summed E-state index contributed by atoms with van der Waals surface area (Å²) >= 11 is 3.66. The maximum atomic E-state index is 5.98. The highest BCUT2D eigenvalue weighted by molar-refractivity contribution is 9.10. The molecule has 1 saturated carbocycles. The third kappa shape index (κ3) is 2.27. The molecule has 2 aliphatic heterocycles. The van der Waals surface area contributed by atoms with E-state index in [0.717, 1.165) is 49.4 Å². The van der Waals surface area contributed by atoms with Crippen LogP contribution in [-0.4, -0.2) is 30.0 Å². The molecule has 3 aliphatic rings. The van der Waals surface area contributed by atoms with E-state index < -0.39 is 0 Å². The predicted octanol–water partition coefficient (Wildman–Crippen LogP) is 3.64. The molecule has 2 saturated heterocycles. The van der Waals surface area contributed by atoms with Crippen LogP contribution in [0.4, 0.5) is 0 Å². The molecule has 24 heavy (non-hydrogen) atoms. The van der Waals surface area contributed by atoms with E-state index in [9.17, 15) is 0 Å². The zero-order chi connectivity index (χ0) is 16.1. The van der Waals surface area contributed by atoms with Gasteiger partial charge in [-0.1, -0.05) is 39.3 Å². The van der Waals surface area contributed by atoms with E-state index in [2.05, 4.69) is 39.3 Å². The zero-order valence-corrected chi connectivity index (χ0v) is 14.9. The highest BCUT2D eigenvalue weighted by Crippen LogP contribution is 2.54. The molecule has 1 aromatic heterocycles. The normalized spacial score (nSPS) is 31.0. The summed E-state index contributed by atoms with van der Waals surface area (Å²) in [5, 5.41) is 4.33. The Hall–Kier alpha value is -1.24. The Morgan fingerprint density at radius 2 is 2.04 bits per heavy atom. The van der Waals surface area contributed by atoms with Crippen LogP contribution in [0.15, 0.2) is 33.3 Å². The van der Waals surface area contributed by atoms with Crippen LogP contribution in [-0.2, 0) is 14.9 Å². The molecule has 0 unspecified atom stereocenters. The Morgan fingerprint density at radius 1 is 1.17 bits per heavy atom. The number of fused-ring (bicyclic) bond motifs is 1. The minimum atomic E-state index is -0.102. The molecule has 1 aromatic carbocycles. The van der Waals surface area contributed by atoms with Gasteiger partial charge < -0.3 is 14.0 Å². The number of rotatable bonds is 3. The van der Waals surface area contributed by atoms with Gasteiger partial charge in [0.2, 0.25) is 0 Å². The van der Waals surface area contributed by atoms with Crippen molar-refractivity contribution in [3.63, 3.8) is 0 Å². The van der Waals surface area contributed by atoms with Gasteiger partial charge in [-0.2, -0.15) is 4.98 Å². The average molecular weight is 391 g/mol. The second-order valence-electron chi connectivity index (χ2n) is 7.06. The fraction of sp³-hybridized carbons (Fsp3) is 0.556. The van der Waals surface area contributed by atoms with E-state index in [1.54, 1.807) is 0 Å². The molecule has 3 fully saturated rings. The van der Waals surface area contributed by atoms with Crippen LogP contribution >= 0.6 is 15.9 Å². The number of hydrogen-bond donors (Lipinski definition) is 0. The maximum Gasteiger partial charge on any atom is 0.256 e. The number of aromatic nitrogens is 2. The quantitative estimate of drug-likeness (QED) is 0.800. The molecule has 0 amide bonds. The van der Waals surface area contributed by atoms with Crippen molar-refractivity contribution >= 4 is 15.9 Å². The molecule has 0 spiro atoms. The number of nitrogens with zero attached hydrogens (tertiary/aromatic N) is 2. The molecule has 3 atom stereocenters. The average Bonchev–Trinajstić information content (AvgIpc) is 3.07. The van der Waals surface area contributed by atoms with Crippen molar-refractivity contribution in [1.29, 1.82) is 0 Å². The third-order valence-electron chi connectivity index (χ3n) is 5.66. The van der Waals surface area contributed by atoms with Gasteiger partial charge in [0, 0.05) is 22.9 Å². The first kappa shape index (κ1) is 15.0. The Morgan fingerprint density at radius 3 is 2.88 bits per heavy atom. The van der Waals surface area contributed by atoms with Crippen molar-refractivity contribution in [2.45, 2.75) is 30.8 Å². The highest BCUT2D eigenvalue weighted by atomic mass is 79.9. The van der Waals surface area contributed by atoms with E-state index >= 15 is 0 Å². The summed E-state index contributed by atoms with van der Waals surface area (Å²) in [6.07, 6.45) is 3.04. The Bertz CT molecular complexity index is 758. The number of hydrogen-bond acceptors (Lipinski definition) is 5. The zero-order valence-electron chi connectivity index (χ0n) is 13.3. The molecule has 5 rings (SSSR count). The minimum absolute atomic E-state index is 0.0739. The molecule has 6 heteroatoms. The lowest BCUT2D eigenvalue weighted by molar-refractivity contribution is 0.0217. The van der Waals surface area contributed by atoms with Gasteiger partial charge in [0.15, 0.2) is 5.82 Å². The fourth-order valence-electron chi connectivity index (χ4n) is 4.12. The second-order valence-corrected chi connectivity index (χ2v) is 7.91. The summed E-state index contributed by atoms with van der Waals surface area (Å²) in [5.74, 6) is 2.32. The predicted molar refractivity (Wildman–Crippen MR) is 89.6 cm³/mol. The molecular weight excluding hydrogens is 372 g/mol. The van der Waals surface area contributed by atoms with Crippen LogP contribution in [0.2, 0.25) is 0 Å². The summed E-state index contributed by atoms with van der Waals surface area (Å²) in [7, 11) is 0. The van der Waals surface area contributed by atoms with Crippen LogP contribution in [0.3, 0.4) is 0 Å². The summed E-state index contributed by atoms with van der Waals surface area (Å²) in [6, 6.07) is 8.31. The summed E-state index contributed by atoms with van der Waals surface area (Å²) in [5.41, 5.74) is 1.14. The largest absolute Gasteiger partial charge is 0.381 e. The highest BCUT2D eigenvalue weighted by Gasteiger charge is 2.52. The fourth-order valence-corrected chi connectivity index (χ4v) is 4.79. The summed E-state index contributed by atoms with van der Waals surface area (Å²) < 4.78 is 18.3. The summed E-state index contributed by atoms with van der Waals surface area (Å²) in [6.45, 7) is 2.30. The van der Waals surface area contributed by atoms with Gasteiger partial charge >= 0.3 is 0 Å². The van der Waals surface area contributed by atoms with Gasteiger partial charge in [-0.25, -0.2) is 0 Å². The molecule has 0 bridgehead atoms. The van der Waals surface area contributed by atoms with E-state index in [4.69, 9.17) is 19.0 Å². The van der Waals surface area contributed by atoms with Crippen LogP contribution in [0, 0.1) is 11.8 Å². The van der Waals surface area contributed by atoms with Crippen molar-refractivity contribution in [2.75, 3.05) is 19.8 Å². The Labute approximate surface area is 148 Å². The molecule has 0 N–H and O–H groups in total. The summed E-state index contributed by atoms with van der Waals surface area (Å²) in [4.78, 5) is 4.77. The van der Waals surface area contributed by atoms with E-state index in [1.807, 2.05) is 6.07 Å². The first-order chi connectivity index (χ1) is 11.8. The first-order valence-corrected chi connectivity index (χ1v) is 9.36. The van der Waals surface area contributed by atoms with E-state index in [1.165, 1.54) is 5.56 Å². The topological polar surface area (TPSA) is 57.4 Å².